The van der Waals surface area contributed by atoms with Gasteiger partial charge in [-0.25, -0.2) is 0 Å². The highest BCUT2D eigenvalue weighted by molar-refractivity contribution is 8.00. The number of nitrogens with zero attached hydrogens (tertiary/aromatic N) is 3. The molecule has 2 bridgehead atoms. The molecule has 1 aliphatic carbocycles. The molecule has 0 aromatic carbocycles. The van der Waals surface area contributed by atoms with Crippen LogP contribution in [0.3, 0.4) is 0 Å². The molecule has 0 unspecified atom stereocenters. The second-order valence-corrected chi connectivity index (χ2v) is 9.19. The average Bonchev–Trinajstić information content (AvgIpc) is 3.35. The van der Waals surface area contributed by atoms with E-state index < -0.39 is 0 Å². The lowest BCUT2D eigenvalue weighted by Gasteiger charge is -2.33. The summed E-state index contributed by atoms with van der Waals surface area (Å²) in [6.45, 7) is 4.77. The first-order chi connectivity index (χ1) is 12.7. The highest BCUT2D eigenvalue weighted by Gasteiger charge is 2.46. The first-order valence-corrected chi connectivity index (χ1v) is 10.8. The minimum atomic E-state index is 0.0122. The Morgan fingerprint density at radius 1 is 1.27 bits per heavy atom. The van der Waals surface area contributed by atoms with Crippen LogP contribution >= 0.6 is 11.8 Å². The molecular weight excluding hydrogens is 350 g/mol. The maximum atomic E-state index is 13.2. The predicted octanol–water partition coefficient (Wildman–Crippen LogP) is 2.69. The molecule has 3 aliphatic rings. The van der Waals surface area contributed by atoms with Crippen molar-refractivity contribution in [1.29, 1.82) is 0 Å². The fourth-order valence-electron chi connectivity index (χ4n) is 4.66. The number of fused-ring (bicyclic) bond motifs is 2. The minimum absolute atomic E-state index is 0.0122. The third-order valence-corrected chi connectivity index (χ3v) is 7.58. The van der Waals surface area contributed by atoms with Crippen LogP contribution in [-0.4, -0.2) is 69.5 Å². The summed E-state index contributed by atoms with van der Waals surface area (Å²) >= 11 is 1.80. The second kappa shape index (κ2) is 7.90. The van der Waals surface area contributed by atoms with E-state index in [4.69, 9.17) is 9.63 Å². The number of carbonyl (C=O) groups excluding carboxylic acids is 1. The maximum Gasteiger partial charge on any atom is 0.294 e. The molecule has 2 atom stereocenters. The molecule has 0 radical (unpaired) electrons. The molecule has 2 saturated heterocycles. The van der Waals surface area contributed by atoms with Gasteiger partial charge in [-0.05, 0) is 32.6 Å². The van der Waals surface area contributed by atoms with Crippen molar-refractivity contribution in [3.63, 3.8) is 0 Å². The molecule has 26 heavy (non-hydrogen) atoms. The number of amides is 1. The van der Waals surface area contributed by atoms with Crippen molar-refractivity contribution in [3.8, 4) is 0 Å². The lowest BCUT2D eigenvalue weighted by atomic mass is 10.0. The molecule has 144 valence electrons. The minimum Gasteiger partial charge on any atom is -0.396 e. The number of hydrogen-bond acceptors (Lipinski definition) is 6. The molecular formula is C19H29N3O3S. The van der Waals surface area contributed by atoms with Crippen LogP contribution in [0.4, 0.5) is 0 Å². The maximum absolute atomic E-state index is 13.2. The predicted molar refractivity (Wildman–Crippen MR) is 100 cm³/mol. The van der Waals surface area contributed by atoms with Gasteiger partial charge >= 0.3 is 0 Å². The summed E-state index contributed by atoms with van der Waals surface area (Å²) < 4.78 is 5.50. The van der Waals surface area contributed by atoms with E-state index in [0.29, 0.717) is 17.1 Å². The van der Waals surface area contributed by atoms with Crippen molar-refractivity contribution in [2.45, 2.75) is 74.1 Å². The largest absolute Gasteiger partial charge is 0.396 e. The molecule has 1 saturated carbocycles. The quantitative estimate of drug-likeness (QED) is 0.819. The molecule has 1 aromatic rings. The molecule has 7 heteroatoms. The molecule has 1 N–H and O–H groups in total. The average molecular weight is 380 g/mol. The Morgan fingerprint density at radius 2 is 2.08 bits per heavy atom. The molecule has 3 heterocycles. The van der Waals surface area contributed by atoms with E-state index in [-0.39, 0.29) is 18.6 Å². The van der Waals surface area contributed by atoms with E-state index in [1.54, 1.807) is 11.8 Å². The summed E-state index contributed by atoms with van der Waals surface area (Å²) in [6.07, 6.45) is 8.18. The van der Waals surface area contributed by atoms with E-state index in [1.165, 1.54) is 32.1 Å². The fourth-order valence-corrected chi connectivity index (χ4v) is 6.00. The van der Waals surface area contributed by atoms with Gasteiger partial charge in [0.2, 0.25) is 5.76 Å². The van der Waals surface area contributed by atoms with Gasteiger partial charge in [-0.1, -0.05) is 24.4 Å². The van der Waals surface area contributed by atoms with Crippen LogP contribution in [0.25, 0.3) is 0 Å². The molecule has 0 spiro atoms. The summed E-state index contributed by atoms with van der Waals surface area (Å²) in [6, 6.07) is 0.693. The number of thioether (sulfide) groups is 1. The van der Waals surface area contributed by atoms with Crippen molar-refractivity contribution < 1.29 is 14.4 Å². The van der Waals surface area contributed by atoms with E-state index >= 15 is 0 Å². The number of aromatic nitrogens is 1. The lowest BCUT2D eigenvalue weighted by Crippen LogP contribution is -2.49. The summed E-state index contributed by atoms with van der Waals surface area (Å²) in [4.78, 5) is 18.5. The molecule has 3 fully saturated rings. The fraction of sp³-hybridized carbons (Fsp3) is 0.789. The summed E-state index contributed by atoms with van der Waals surface area (Å²) in [5.74, 6) is 0.464. The van der Waals surface area contributed by atoms with Gasteiger partial charge in [-0.15, -0.1) is 11.8 Å². The zero-order valence-electron chi connectivity index (χ0n) is 15.5. The third kappa shape index (κ3) is 3.53. The van der Waals surface area contributed by atoms with Gasteiger partial charge in [0.25, 0.3) is 5.91 Å². The standard InChI is InChI=1S/C19H29N3O3S/c1-13-18(26-16-6-3-2-4-7-16)17(25-20-13)19(24)22-12-14-10-15(22)11-21(14)8-5-9-23/h14-16,23H,2-12H2,1H3/t14-,15-/m0/s1. The highest BCUT2D eigenvalue weighted by atomic mass is 32.2. The lowest BCUT2D eigenvalue weighted by molar-refractivity contribution is 0.0572. The number of carbonyl (C=O) groups is 1. The molecule has 4 rings (SSSR count). The summed E-state index contributed by atoms with van der Waals surface area (Å²) in [5, 5.41) is 13.7. The van der Waals surface area contributed by atoms with E-state index in [9.17, 15) is 4.79 Å². The smallest absolute Gasteiger partial charge is 0.294 e. The van der Waals surface area contributed by atoms with Gasteiger partial charge in [0, 0.05) is 43.6 Å². The number of likely N-dealkylation sites (tertiary alicyclic amines) is 2. The molecule has 2 aliphatic heterocycles. The van der Waals surface area contributed by atoms with Crippen LogP contribution in [-0.2, 0) is 0 Å². The van der Waals surface area contributed by atoms with Gasteiger partial charge in [-0.2, -0.15) is 0 Å². The number of piperazine rings is 1. The van der Waals surface area contributed by atoms with Crippen LogP contribution in [0.5, 0.6) is 0 Å². The van der Waals surface area contributed by atoms with Crippen molar-refractivity contribution >= 4 is 17.7 Å². The first-order valence-electron chi connectivity index (χ1n) is 9.96. The van der Waals surface area contributed by atoms with E-state index in [2.05, 4.69) is 10.1 Å². The molecule has 1 aromatic heterocycles. The van der Waals surface area contributed by atoms with Gasteiger partial charge in [0.15, 0.2) is 0 Å². The van der Waals surface area contributed by atoms with Crippen LogP contribution in [0.15, 0.2) is 9.42 Å². The van der Waals surface area contributed by atoms with Crippen molar-refractivity contribution in [3.05, 3.63) is 11.5 Å². The van der Waals surface area contributed by atoms with Gasteiger partial charge in [0.05, 0.1) is 10.6 Å². The molecule has 6 nitrogen and oxygen atoms in total. The van der Waals surface area contributed by atoms with Crippen LogP contribution in [0.2, 0.25) is 0 Å². The van der Waals surface area contributed by atoms with Crippen LogP contribution < -0.4 is 0 Å². The van der Waals surface area contributed by atoms with Crippen molar-refractivity contribution in [1.82, 2.24) is 15.0 Å². The van der Waals surface area contributed by atoms with Crippen molar-refractivity contribution in [2.75, 3.05) is 26.2 Å². The Kier molecular flexibility index (Phi) is 5.57. The number of hydrogen-bond donors (Lipinski definition) is 1. The summed E-state index contributed by atoms with van der Waals surface area (Å²) in [7, 11) is 0. The number of aryl methyl sites for hydroxylation is 1. The number of aliphatic hydroxyl groups excluding tert-OH is 1. The zero-order chi connectivity index (χ0) is 18.1. The zero-order valence-corrected chi connectivity index (χ0v) is 16.3. The Morgan fingerprint density at radius 3 is 2.77 bits per heavy atom. The van der Waals surface area contributed by atoms with Crippen LogP contribution in [0.1, 0.15) is 61.2 Å². The molecule has 1 amide bonds. The number of rotatable bonds is 6. The Balaban J connectivity index is 1.43. The van der Waals surface area contributed by atoms with E-state index in [0.717, 1.165) is 43.1 Å². The third-order valence-electron chi connectivity index (χ3n) is 6.06. The Labute approximate surface area is 159 Å². The SMILES string of the molecule is Cc1noc(C(=O)N2C[C@@H]3C[C@H]2CN3CCCO)c1SC1CCCCC1. The van der Waals surface area contributed by atoms with Gasteiger partial charge < -0.3 is 14.5 Å². The first kappa shape index (κ1) is 18.3. The normalized spacial score (nSPS) is 26.8. The van der Waals surface area contributed by atoms with Crippen LogP contribution in [0, 0.1) is 6.92 Å². The second-order valence-electron chi connectivity index (χ2n) is 7.88. The Bertz CT molecular complexity index is 644. The topological polar surface area (TPSA) is 69.8 Å². The highest BCUT2D eigenvalue weighted by Crippen LogP contribution is 2.39. The van der Waals surface area contributed by atoms with Crippen molar-refractivity contribution in [2.24, 2.45) is 0 Å². The van der Waals surface area contributed by atoms with Gasteiger partial charge in [0.1, 0.15) is 0 Å². The summed E-state index contributed by atoms with van der Waals surface area (Å²) in [5.41, 5.74) is 0.845. The van der Waals surface area contributed by atoms with Gasteiger partial charge in [-0.3, -0.25) is 9.69 Å². The monoisotopic (exact) mass is 379 g/mol. The Hall–Kier alpha value is -1.05. The van der Waals surface area contributed by atoms with E-state index in [1.807, 2.05) is 11.8 Å². The number of aliphatic hydroxyl groups is 1.